The van der Waals surface area contributed by atoms with Crippen LogP contribution in [0.25, 0.3) is 11.3 Å². The summed E-state index contributed by atoms with van der Waals surface area (Å²) >= 11 is 0. The van der Waals surface area contributed by atoms with Crippen LogP contribution in [0.2, 0.25) is 0 Å². The van der Waals surface area contributed by atoms with Crippen molar-refractivity contribution in [2.75, 3.05) is 26.0 Å². The fourth-order valence-corrected chi connectivity index (χ4v) is 5.54. The first-order valence-corrected chi connectivity index (χ1v) is 15.5. The Morgan fingerprint density at radius 2 is 1.96 bits per heavy atom. The summed E-state index contributed by atoms with van der Waals surface area (Å²) in [5, 5.41) is 30.7. The topological polar surface area (TPSA) is 157 Å². The van der Waals surface area contributed by atoms with Gasteiger partial charge < -0.3 is 20.1 Å². The van der Waals surface area contributed by atoms with E-state index in [1.165, 1.54) is 5.56 Å². The van der Waals surface area contributed by atoms with Crippen molar-refractivity contribution >= 4 is 24.0 Å². The summed E-state index contributed by atoms with van der Waals surface area (Å²) in [4.78, 5) is 24.2. The number of urea groups is 1. The number of ether oxygens (including phenoxy) is 1. The fourth-order valence-electron chi connectivity index (χ4n) is 5.54. The van der Waals surface area contributed by atoms with Gasteiger partial charge in [0.1, 0.15) is 29.7 Å². The molecule has 0 aliphatic heterocycles. The molecule has 1 unspecified atom stereocenters. The van der Waals surface area contributed by atoms with E-state index >= 15 is 0 Å². The van der Waals surface area contributed by atoms with E-state index in [4.69, 9.17) is 19.7 Å². The Kier molecular flexibility index (Phi) is 10.2. The second-order valence-corrected chi connectivity index (χ2v) is 12.7. The van der Waals surface area contributed by atoms with Crippen molar-refractivity contribution in [2.24, 2.45) is 0 Å². The van der Waals surface area contributed by atoms with Gasteiger partial charge in [-0.05, 0) is 63.2 Å². The number of carbonyl (C=O) groups is 2. The maximum Gasteiger partial charge on any atom is 0.321 e. The first-order valence-electron chi connectivity index (χ1n) is 15.5. The number of rotatable bonds is 9. The van der Waals surface area contributed by atoms with Crippen LogP contribution in [0.5, 0.6) is 5.75 Å². The molecule has 1 aliphatic carbocycles. The van der Waals surface area contributed by atoms with Gasteiger partial charge in [-0.1, -0.05) is 45.0 Å². The molecule has 0 fully saturated rings. The van der Waals surface area contributed by atoms with E-state index in [0.717, 1.165) is 54.9 Å². The van der Waals surface area contributed by atoms with Gasteiger partial charge in [0.2, 0.25) is 0 Å². The number of fused-ring (bicyclic) bond motifs is 2. The zero-order valence-corrected chi connectivity index (χ0v) is 27.4. The third kappa shape index (κ3) is 8.14. The average molecular weight is 643 g/mol. The molecule has 2 amide bonds. The van der Waals surface area contributed by atoms with Crippen LogP contribution >= 0.6 is 0 Å². The predicted molar refractivity (Wildman–Crippen MR) is 177 cm³/mol. The number of benzene rings is 1. The highest BCUT2D eigenvalue weighted by atomic mass is 16.5. The lowest BCUT2D eigenvalue weighted by Gasteiger charge is -2.34. The Hall–Kier alpha value is -5.24. The molecule has 14 heteroatoms. The van der Waals surface area contributed by atoms with E-state index in [1.54, 1.807) is 17.2 Å². The third-order valence-corrected chi connectivity index (χ3v) is 7.87. The fraction of sp³-hybridized carbons (Fsp3) is 0.394. The zero-order valence-electron chi connectivity index (χ0n) is 27.4. The molecule has 3 N–H and O–H groups in total. The number of aromatic nitrogens is 7. The van der Waals surface area contributed by atoms with Gasteiger partial charge >= 0.3 is 6.03 Å². The Morgan fingerprint density at radius 3 is 2.72 bits per heavy atom. The maximum absolute atomic E-state index is 13.7. The molecule has 4 heterocycles. The average Bonchev–Trinajstić information content (AvgIpc) is 3.78. The Balaban J connectivity index is 0.00000139. The minimum atomic E-state index is -0.366. The normalized spacial score (nSPS) is 15.9. The number of aryl methyl sites for hydroxylation is 2. The lowest BCUT2D eigenvalue weighted by Crippen LogP contribution is -2.44. The molecule has 0 radical (unpaired) electrons. The van der Waals surface area contributed by atoms with E-state index in [2.05, 4.69) is 77.8 Å². The van der Waals surface area contributed by atoms with Gasteiger partial charge in [-0.3, -0.25) is 19.2 Å². The van der Waals surface area contributed by atoms with Gasteiger partial charge in [0, 0.05) is 18.0 Å². The van der Waals surface area contributed by atoms with E-state index in [-0.39, 0.29) is 30.1 Å². The summed E-state index contributed by atoms with van der Waals surface area (Å²) in [7, 11) is 4.13. The van der Waals surface area contributed by atoms with Crippen molar-refractivity contribution in [3.63, 3.8) is 0 Å². The number of anilines is 1. The quantitative estimate of drug-likeness (QED) is 0.199. The lowest BCUT2D eigenvalue weighted by molar-refractivity contribution is -0.122. The number of nitrogens with zero attached hydrogens (tertiary/aromatic N) is 8. The molecule has 0 spiro atoms. The number of nitrogens with one attached hydrogen (secondary N) is 2. The predicted octanol–water partition coefficient (Wildman–Crippen LogP) is 4.32. The van der Waals surface area contributed by atoms with Crippen molar-refractivity contribution in [3.8, 4) is 11.4 Å². The first kappa shape index (κ1) is 33.1. The highest BCUT2D eigenvalue weighted by Crippen LogP contribution is 2.33. The highest BCUT2D eigenvalue weighted by molar-refractivity contribution is 5.89. The summed E-state index contributed by atoms with van der Waals surface area (Å²) < 4.78 is 12.0. The van der Waals surface area contributed by atoms with Crippen molar-refractivity contribution in [2.45, 2.75) is 64.1 Å². The van der Waals surface area contributed by atoms with Crippen LogP contribution in [-0.4, -0.2) is 83.4 Å². The number of hydrogen-bond donors (Lipinski definition) is 3. The van der Waals surface area contributed by atoms with Crippen LogP contribution in [0, 0.1) is 0 Å². The maximum atomic E-state index is 13.7. The van der Waals surface area contributed by atoms with Crippen LogP contribution in [0.3, 0.4) is 0 Å². The molecule has 47 heavy (non-hydrogen) atoms. The van der Waals surface area contributed by atoms with Gasteiger partial charge in [-0.2, -0.15) is 10.2 Å². The first-order chi connectivity index (χ1) is 22.5. The summed E-state index contributed by atoms with van der Waals surface area (Å²) in [5.41, 5.74) is 4.43. The van der Waals surface area contributed by atoms with Crippen LogP contribution in [0.15, 0.2) is 67.4 Å². The SMILES string of the molecule is CN(C)CCCn1cc(-n2nc(C(C)(C)C)cc2NC(=O)N[C@H]2c3ccccc3CCC2Oc2ccc3nncn3c2)cn1.O=CO. The number of hydrogen-bond acceptors (Lipinski definition) is 8. The van der Waals surface area contributed by atoms with Gasteiger partial charge in [0.05, 0.1) is 30.3 Å². The Morgan fingerprint density at radius 1 is 1.17 bits per heavy atom. The summed E-state index contributed by atoms with van der Waals surface area (Å²) in [5.74, 6) is 1.25. The van der Waals surface area contributed by atoms with Crippen LogP contribution in [-0.2, 0) is 23.2 Å². The summed E-state index contributed by atoms with van der Waals surface area (Å²) in [6.07, 6.45) is 9.56. The molecular formula is C33H42N10O4. The van der Waals surface area contributed by atoms with Crippen LogP contribution < -0.4 is 15.4 Å². The van der Waals surface area contributed by atoms with Gasteiger partial charge in [-0.25, -0.2) is 9.48 Å². The number of carbonyl (C=O) groups excluding carboxylic acids is 1. The van der Waals surface area contributed by atoms with Gasteiger partial charge in [0.25, 0.3) is 6.47 Å². The van der Waals surface area contributed by atoms with E-state index in [1.807, 2.05) is 51.8 Å². The smallest absolute Gasteiger partial charge is 0.321 e. The van der Waals surface area contributed by atoms with Gasteiger partial charge in [-0.15, -0.1) is 10.2 Å². The van der Waals surface area contributed by atoms with E-state index in [9.17, 15) is 4.79 Å². The number of amides is 2. The molecule has 0 bridgehead atoms. The van der Waals surface area contributed by atoms with Crippen molar-refractivity contribution in [1.82, 2.24) is 44.4 Å². The molecule has 6 rings (SSSR count). The minimum absolute atomic E-state index is 0.215. The standard InChI is InChI=1S/C32H40N10O2.CH2O2/c1-32(2,3)27-17-29(42(38-27)23-18-34-41(19-23)16-8-15-39(4)5)35-31(43)36-30-25-10-7-6-9-22(25)11-13-26(30)44-24-12-14-28-37-33-21-40(28)20-24;2-1-3/h6-7,9-10,12,14,17-21,26,30H,8,11,13,15-16H2,1-5H3,(H2,35,36,43);1H,(H,2,3)/t26?,30-;/m0./s1. The molecule has 14 nitrogen and oxygen atoms in total. The van der Waals surface area contributed by atoms with Crippen molar-refractivity contribution < 1.29 is 19.4 Å². The number of carboxylic acid groups (broad SMARTS) is 1. The monoisotopic (exact) mass is 642 g/mol. The molecule has 2 atom stereocenters. The molecule has 248 valence electrons. The van der Waals surface area contributed by atoms with Crippen molar-refractivity contribution in [3.05, 3.63) is 84.2 Å². The largest absolute Gasteiger partial charge is 0.486 e. The van der Waals surface area contributed by atoms with Gasteiger partial charge in [0.15, 0.2) is 5.65 Å². The van der Waals surface area contributed by atoms with E-state index in [0.29, 0.717) is 11.6 Å². The molecule has 1 aliphatic rings. The molecule has 1 aromatic carbocycles. The second kappa shape index (κ2) is 14.5. The highest BCUT2D eigenvalue weighted by Gasteiger charge is 2.33. The molecule has 4 aromatic heterocycles. The van der Waals surface area contributed by atoms with E-state index < -0.39 is 0 Å². The number of pyridine rings is 1. The summed E-state index contributed by atoms with van der Waals surface area (Å²) in [6.45, 7) is 7.83. The Bertz CT molecular complexity index is 1800. The minimum Gasteiger partial charge on any atom is -0.486 e. The third-order valence-electron chi connectivity index (χ3n) is 7.87. The Labute approximate surface area is 273 Å². The molecule has 5 aromatic rings. The summed E-state index contributed by atoms with van der Waals surface area (Å²) in [6, 6.07) is 13.2. The molecule has 0 saturated heterocycles. The second-order valence-electron chi connectivity index (χ2n) is 12.7. The molecular weight excluding hydrogens is 600 g/mol. The zero-order chi connectivity index (χ0) is 33.6. The van der Waals surface area contributed by atoms with Crippen LogP contribution in [0.4, 0.5) is 10.6 Å². The lowest BCUT2D eigenvalue weighted by atomic mass is 9.85. The molecule has 0 saturated carbocycles. The van der Waals surface area contributed by atoms with Crippen LogP contribution in [0.1, 0.15) is 56.5 Å². The van der Waals surface area contributed by atoms with Crippen molar-refractivity contribution in [1.29, 1.82) is 0 Å².